The number of carbonyl (C=O) groups is 1. The van der Waals surface area contributed by atoms with Gasteiger partial charge in [-0.05, 0) is 19.1 Å². The van der Waals surface area contributed by atoms with E-state index in [1.807, 2.05) is 30.3 Å². The van der Waals surface area contributed by atoms with Crippen molar-refractivity contribution < 1.29 is 9.53 Å². The average molecular weight is 164 g/mol. The minimum Gasteiger partial charge on any atom is -0.493 e. The van der Waals surface area contributed by atoms with Crippen LogP contribution in [-0.4, -0.2) is 12.4 Å². The molecule has 12 heavy (non-hydrogen) atoms. The van der Waals surface area contributed by atoms with Crippen LogP contribution in [0.2, 0.25) is 0 Å². The van der Waals surface area contributed by atoms with Gasteiger partial charge >= 0.3 is 0 Å². The predicted octanol–water partition coefficient (Wildman–Crippen LogP) is 2.04. The molecule has 2 heteroatoms. The number of para-hydroxylation sites is 1. The first kappa shape index (κ1) is 8.78. The zero-order chi connectivity index (χ0) is 8.81. The van der Waals surface area contributed by atoms with E-state index in [0.717, 1.165) is 5.75 Å². The lowest BCUT2D eigenvalue weighted by Gasteiger charge is -2.02. The van der Waals surface area contributed by atoms with Gasteiger partial charge < -0.3 is 4.74 Å². The molecular formula is C10H12O2. The van der Waals surface area contributed by atoms with Crippen LogP contribution in [0.3, 0.4) is 0 Å². The molecule has 0 atom stereocenters. The molecule has 0 aliphatic heterocycles. The van der Waals surface area contributed by atoms with Crippen molar-refractivity contribution in [3.63, 3.8) is 0 Å². The Bertz CT molecular complexity index is 241. The van der Waals surface area contributed by atoms with Crippen LogP contribution in [0, 0.1) is 0 Å². The summed E-state index contributed by atoms with van der Waals surface area (Å²) in [6.45, 7) is 2.04. The van der Waals surface area contributed by atoms with Gasteiger partial charge in [0.1, 0.15) is 11.5 Å². The van der Waals surface area contributed by atoms with Crippen molar-refractivity contribution in [1.82, 2.24) is 0 Å². The number of Topliss-reactive ketones (excluding diaryl/α,β-unsaturated/α-hetero) is 1. The molecule has 0 radical (unpaired) electrons. The van der Waals surface area contributed by atoms with Gasteiger partial charge in [0.05, 0.1) is 6.61 Å². The van der Waals surface area contributed by atoms with Crippen molar-refractivity contribution >= 4 is 5.78 Å². The molecule has 1 rings (SSSR count). The van der Waals surface area contributed by atoms with Crippen LogP contribution in [0.5, 0.6) is 5.75 Å². The fourth-order valence-electron chi connectivity index (χ4n) is 0.829. The fraction of sp³-hybridized carbons (Fsp3) is 0.300. The third-order valence-corrected chi connectivity index (χ3v) is 1.47. The highest BCUT2D eigenvalue weighted by Gasteiger charge is 1.94. The Kier molecular flexibility index (Phi) is 3.33. The molecule has 1 aromatic rings. The number of hydrogen-bond acceptors (Lipinski definition) is 2. The molecule has 0 amide bonds. The van der Waals surface area contributed by atoms with Crippen molar-refractivity contribution in [3.8, 4) is 5.75 Å². The van der Waals surface area contributed by atoms with E-state index in [4.69, 9.17) is 4.74 Å². The fourth-order valence-corrected chi connectivity index (χ4v) is 0.829. The van der Waals surface area contributed by atoms with Gasteiger partial charge in [0.25, 0.3) is 0 Å². The Morgan fingerprint density at radius 2 is 2.00 bits per heavy atom. The maximum Gasteiger partial charge on any atom is 0.133 e. The number of hydrogen-bond donors (Lipinski definition) is 0. The number of ketones is 1. The molecule has 64 valence electrons. The SMILES string of the molecule is CC(=O)CCOc1ccccc1. The Hall–Kier alpha value is -1.31. The molecule has 0 aromatic heterocycles. The van der Waals surface area contributed by atoms with E-state index in [0.29, 0.717) is 13.0 Å². The first-order valence-electron chi connectivity index (χ1n) is 3.96. The summed E-state index contributed by atoms with van der Waals surface area (Å²) in [6.07, 6.45) is 0.481. The van der Waals surface area contributed by atoms with Crippen molar-refractivity contribution in [2.45, 2.75) is 13.3 Å². The van der Waals surface area contributed by atoms with Gasteiger partial charge in [0.2, 0.25) is 0 Å². The van der Waals surface area contributed by atoms with Crippen LogP contribution in [0.1, 0.15) is 13.3 Å². The maximum absolute atomic E-state index is 10.6. The standard InChI is InChI=1S/C10H12O2/c1-9(11)7-8-12-10-5-3-2-4-6-10/h2-6H,7-8H2,1H3. The van der Waals surface area contributed by atoms with Gasteiger partial charge in [0, 0.05) is 6.42 Å². The number of ether oxygens (including phenoxy) is 1. The van der Waals surface area contributed by atoms with Crippen molar-refractivity contribution in [2.75, 3.05) is 6.61 Å². The minimum absolute atomic E-state index is 0.158. The second kappa shape index (κ2) is 4.54. The molecule has 0 heterocycles. The summed E-state index contributed by atoms with van der Waals surface area (Å²) >= 11 is 0. The van der Waals surface area contributed by atoms with Crippen molar-refractivity contribution in [1.29, 1.82) is 0 Å². The van der Waals surface area contributed by atoms with Gasteiger partial charge in [-0.2, -0.15) is 0 Å². The number of benzene rings is 1. The molecule has 1 aromatic carbocycles. The second-order valence-electron chi connectivity index (χ2n) is 2.61. The summed E-state index contributed by atoms with van der Waals surface area (Å²) in [5.74, 6) is 0.977. The Balaban J connectivity index is 2.29. The monoisotopic (exact) mass is 164 g/mol. The summed E-state index contributed by atoms with van der Waals surface area (Å²) in [5.41, 5.74) is 0. The zero-order valence-electron chi connectivity index (χ0n) is 7.12. The quantitative estimate of drug-likeness (QED) is 0.680. The van der Waals surface area contributed by atoms with Crippen molar-refractivity contribution in [3.05, 3.63) is 30.3 Å². The molecule has 0 saturated heterocycles. The molecule has 0 N–H and O–H groups in total. The molecule has 0 spiro atoms. The molecule has 0 unspecified atom stereocenters. The maximum atomic E-state index is 10.6. The zero-order valence-corrected chi connectivity index (χ0v) is 7.12. The first-order chi connectivity index (χ1) is 5.79. The topological polar surface area (TPSA) is 26.3 Å². The van der Waals surface area contributed by atoms with E-state index in [9.17, 15) is 4.79 Å². The van der Waals surface area contributed by atoms with E-state index in [-0.39, 0.29) is 5.78 Å². The van der Waals surface area contributed by atoms with E-state index >= 15 is 0 Å². The molecule has 0 aliphatic rings. The molecule has 0 bridgehead atoms. The van der Waals surface area contributed by atoms with E-state index < -0.39 is 0 Å². The Morgan fingerprint density at radius 1 is 1.33 bits per heavy atom. The van der Waals surface area contributed by atoms with E-state index in [1.165, 1.54) is 0 Å². The van der Waals surface area contributed by atoms with Crippen LogP contribution < -0.4 is 4.74 Å². The van der Waals surface area contributed by atoms with Crippen LogP contribution in [0.4, 0.5) is 0 Å². The van der Waals surface area contributed by atoms with Gasteiger partial charge in [-0.15, -0.1) is 0 Å². The van der Waals surface area contributed by atoms with E-state index in [2.05, 4.69) is 0 Å². The average Bonchev–Trinajstić information content (AvgIpc) is 2.05. The molecule has 0 aliphatic carbocycles. The smallest absolute Gasteiger partial charge is 0.133 e. The van der Waals surface area contributed by atoms with Gasteiger partial charge in [-0.25, -0.2) is 0 Å². The third kappa shape index (κ3) is 3.19. The largest absolute Gasteiger partial charge is 0.493 e. The molecule has 0 fully saturated rings. The highest BCUT2D eigenvalue weighted by molar-refractivity contribution is 5.75. The first-order valence-corrected chi connectivity index (χ1v) is 3.96. The molecule has 0 saturated carbocycles. The normalized spacial score (nSPS) is 9.42. The summed E-state index contributed by atoms with van der Waals surface area (Å²) in [6, 6.07) is 9.49. The predicted molar refractivity (Wildman–Crippen MR) is 47.2 cm³/mol. The van der Waals surface area contributed by atoms with Crippen LogP contribution in [0.25, 0.3) is 0 Å². The lowest BCUT2D eigenvalue weighted by molar-refractivity contribution is -0.117. The van der Waals surface area contributed by atoms with Gasteiger partial charge in [-0.1, -0.05) is 18.2 Å². The summed E-state index contributed by atoms with van der Waals surface area (Å²) in [7, 11) is 0. The lowest BCUT2D eigenvalue weighted by Crippen LogP contribution is -2.02. The number of rotatable bonds is 4. The summed E-state index contributed by atoms with van der Waals surface area (Å²) in [4.78, 5) is 10.6. The highest BCUT2D eigenvalue weighted by atomic mass is 16.5. The molecular weight excluding hydrogens is 152 g/mol. The van der Waals surface area contributed by atoms with Crippen molar-refractivity contribution in [2.24, 2.45) is 0 Å². The number of carbonyl (C=O) groups excluding carboxylic acids is 1. The van der Waals surface area contributed by atoms with Gasteiger partial charge in [0.15, 0.2) is 0 Å². The summed E-state index contributed by atoms with van der Waals surface area (Å²) in [5, 5.41) is 0. The van der Waals surface area contributed by atoms with Crippen LogP contribution in [0.15, 0.2) is 30.3 Å². The third-order valence-electron chi connectivity index (χ3n) is 1.47. The molecule has 2 nitrogen and oxygen atoms in total. The summed E-state index contributed by atoms with van der Waals surface area (Å²) < 4.78 is 5.30. The Morgan fingerprint density at radius 3 is 2.58 bits per heavy atom. The second-order valence-corrected chi connectivity index (χ2v) is 2.61. The Labute approximate surface area is 72.2 Å². The lowest BCUT2D eigenvalue weighted by atomic mass is 10.3. The van der Waals surface area contributed by atoms with Crippen LogP contribution in [-0.2, 0) is 4.79 Å². The highest BCUT2D eigenvalue weighted by Crippen LogP contribution is 2.08. The van der Waals surface area contributed by atoms with E-state index in [1.54, 1.807) is 6.92 Å². The van der Waals surface area contributed by atoms with Crippen LogP contribution >= 0.6 is 0 Å². The minimum atomic E-state index is 0.158. The van der Waals surface area contributed by atoms with Gasteiger partial charge in [-0.3, -0.25) is 4.79 Å².